The predicted molar refractivity (Wildman–Crippen MR) is 97.7 cm³/mol. The van der Waals surface area contributed by atoms with Gasteiger partial charge in [0.2, 0.25) is 5.91 Å². The zero-order valence-corrected chi connectivity index (χ0v) is 13.8. The molecule has 0 radical (unpaired) electrons. The number of aromatic nitrogens is 1. The number of nitrogens with zero attached hydrogens (tertiary/aromatic N) is 1. The number of aliphatic hydroxyl groups is 1. The topological polar surface area (TPSA) is 62.2 Å². The maximum absolute atomic E-state index is 12.0. The first kappa shape index (κ1) is 16.9. The summed E-state index contributed by atoms with van der Waals surface area (Å²) in [5.41, 5.74) is 4.12. The smallest absolute Gasteiger partial charge is 0.249 e. The lowest BCUT2D eigenvalue weighted by atomic mass is 10.0. The Bertz CT molecular complexity index is 802. The second-order valence-corrected chi connectivity index (χ2v) is 5.86. The van der Waals surface area contributed by atoms with Crippen molar-refractivity contribution >= 4 is 5.91 Å². The zero-order valence-electron chi connectivity index (χ0n) is 13.8. The fraction of sp³-hybridized carbons (Fsp3) is 0.143. The van der Waals surface area contributed by atoms with E-state index in [9.17, 15) is 9.90 Å². The van der Waals surface area contributed by atoms with E-state index in [0.29, 0.717) is 13.0 Å². The highest BCUT2D eigenvalue weighted by atomic mass is 16.3. The summed E-state index contributed by atoms with van der Waals surface area (Å²) in [4.78, 5) is 16.1. The molecule has 1 heterocycles. The predicted octanol–water partition coefficient (Wildman–Crippen LogP) is 2.97. The number of amides is 1. The van der Waals surface area contributed by atoms with E-state index >= 15 is 0 Å². The van der Waals surface area contributed by atoms with Crippen LogP contribution in [0.5, 0.6) is 0 Å². The van der Waals surface area contributed by atoms with Gasteiger partial charge in [-0.3, -0.25) is 9.78 Å². The van der Waals surface area contributed by atoms with Crippen molar-refractivity contribution < 1.29 is 9.90 Å². The number of nitrogens with one attached hydrogen (secondary N) is 1. The van der Waals surface area contributed by atoms with Gasteiger partial charge in [-0.05, 0) is 34.4 Å². The fourth-order valence-electron chi connectivity index (χ4n) is 2.60. The summed E-state index contributed by atoms with van der Waals surface area (Å²) in [6.45, 7) is 0.390. The Morgan fingerprint density at radius 1 is 0.880 bits per heavy atom. The molecule has 0 aliphatic heterocycles. The molecule has 0 aliphatic rings. The Hall–Kier alpha value is -2.98. The summed E-state index contributed by atoms with van der Waals surface area (Å²) in [5.74, 6) is -0.359. The van der Waals surface area contributed by atoms with Crippen LogP contribution in [0.3, 0.4) is 0 Å². The molecule has 0 aliphatic carbocycles. The highest BCUT2D eigenvalue weighted by molar-refractivity contribution is 5.80. The third kappa shape index (κ3) is 4.75. The van der Waals surface area contributed by atoms with Crippen molar-refractivity contribution in [2.75, 3.05) is 0 Å². The first-order valence-corrected chi connectivity index (χ1v) is 8.21. The number of carbonyl (C=O) groups excluding carboxylic acids is 1. The lowest BCUT2D eigenvalue weighted by molar-refractivity contribution is -0.129. The lowest BCUT2D eigenvalue weighted by Gasteiger charge is -2.12. The summed E-state index contributed by atoms with van der Waals surface area (Å²) in [7, 11) is 0. The minimum absolute atomic E-state index is 0.313. The molecule has 4 nitrogen and oxygen atoms in total. The van der Waals surface area contributed by atoms with Crippen molar-refractivity contribution in [2.24, 2.45) is 0 Å². The molecular weight excluding hydrogens is 312 g/mol. The molecule has 1 amide bonds. The molecule has 0 unspecified atom stereocenters. The number of aliphatic hydroxyl groups excluding tert-OH is 1. The van der Waals surface area contributed by atoms with Crippen LogP contribution >= 0.6 is 0 Å². The maximum atomic E-state index is 12.0. The molecule has 0 saturated carbocycles. The van der Waals surface area contributed by atoms with Crippen molar-refractivity contribution in [3.63, 3.8) is 0 Å². The molecule has 4 heteroatoms. The quantitative estimate of drug-likeness (QED) is 0.729. The van der Waals surface area contributed by atoms with Gasteiger partial charge in [0, 0.05) is 25.4 Å². The second-order valence-electron chi connectivity index (χ2n) is 5.86. The van der Waals surface area contributed by atoms with Crippen LogP contribution in [0.2, 0.25) is 0 Å². The Morgan fingerprint density at radius 3 is 2.20 bits per heavy atom. The number of rotatable bonds is 6. The van der Waals surface area contributed by atoms with Crippen LogP contribution in [0.1, 0.15) is 11.1 Å². The first-order valence-electron chi connectivity index (χ1n) is 8.21. The van der Waals surface area contributed by atoms with Crippen LogP contribution in [0.15, 0.2) is 79.1 Å². The van der Waals surface area contributed by atoms with E-state index < -0.39 is 6.10 Å². The van der Waals surface area contributed by atoms with Gasteiger partial charge >= 0.3 is 0 Å². The molecule has 3 rings (SSSR count). The standard InChI is InChI=1S/C21H20N2O2/c24-20(14-16-4-2-1-3-5-16)21(25)23-15-17-6-8-18(9-7-17)19-10-12-22-13-11-19/h1-13,20,24H,14-15H2,(H,23,25)/t20-/m0/s1. The molecule has 0 saturated heterocycles. The van der Waals surface area contributed by atoms with Gasteiger partial charge in [-0.25, -0.2) is 0 Å². The fourth-order valence-corrected chi connectivity index (χ4v) is 2.60. The number of benzene rings is 2. The molecular formula is C21H20N2O2. The summed E-state index contributed by atoms with van der Waals surface area (Å²) >= 11 is 0. The Morgan fingerprint density at radius 2 is 1.52 bits per heavy atom. The minimum Gasteiger partial charge on any atom is -0.383 e. The van der Waals surface area contributed by atoms with Crippen LogP contribution in [0.25, 0.3) is 11.1 Å². The molecule has 25 heavy (non-hydrogen) atoms. The van der Waals surface area contributed by atoms with Crippen LogP contribution in [0.4, 0.5) is 0 Å². The molecule has 1 atom stereocenters. The number of carbonyl (C=O) groups is 1. The number of hydrogen-bond donors (Lipinski definition) is 2. The van der Waals surface area contributed by atoms with Gasteiger partial charge in [0.25, 0.3) is 0 Å². The van der Waals surface area contributed by atoms with Crippen molar-refractivity contribution in [1.82, 2.24) is 10.3 Å². The van der Waals surface area contributed by atoms with Gasteiger partial charge in [0.05, 0.1) is 0 Å². The normalized spacial score (nSPS) is 11.7. The first-order chi connectivity index (χ1) is 12.2. The van der Waals surface area contributed by atoms with Crippen molar-refractivity contribution in [3.05, 3.63) is 90.3 Å². The SMILES string of the molecule is O=C(NCc1ccc(-c2ccncc2)cc1)[C@@H](O)Cc1ccccc1. The van der Waals surface area contributed by atoms with Crippen molar-refractivity contribution in [1.29, 1.82) is 0 Å². The summed E-state index contributed by atoms with van der Waals surface area (Å²) in [6, 6.07) is 21.4. The van der Waals surface area contributed by atoms with E-state index in [0.717, 1.165) is 22.3 Å². The zero-order chi connectivity index (χ0) is 17.5. The molecule has 2 N–H and O–H groups in total. The summed E-state index contributed by atoms with van der Waals surface area (Å²) < 4.78 is 0. The van der Waals surface area contributed by atoms with Crippen molar-refractivity contribution in [3.8, 4) is 11.1 Å². The van der Waals surface area contributed by atoms with Crippen LogP contribution < -0.4 is 5.32 Å². The molecule has 126 valence electrons. The molecule has 0 spiro atoms. The minimum atomic E-state index is -1.04. The van der Waals surface area contributed by atoms with Crippen LogP contribution in [-0.4, -0.2) is 22.1 Å². The Balaban J connectivity index is 1.53. The van der Waals surface area contributed by atoms with Gasteiger partial charge in [-0.15, -0.1) is 0 Å². The van der Waals surface area contributed by atoms with Gasteiger partial charge < -0.3 is 10.4 Å². The summed E-state index contributed by atoms with van der Waals surface area (Å²) in [5, 5.41) is 12.8. The monoisotopic (exact) mass is 332 g/mol. The number of pyridine rings is 1. The second kappa shape index (κ2) is 8.22. The average Bonchev–Trinajstić information content (AvgIpc) is 2.68. The third-order valence-electron chi connectivity index (χ3n) is 4.01. The van der Waals surface area contributed by atoms with E-state index in [4.69, 9.17) is 0 Å². The largest absolute Gasteiger partial charge is 0.383 e. The Kier molecular flexibility index (Phi) is 5.54. The van der Waals surface area contributed by atoms with Gasteiger partial charge in [0.15, 0.2) is 0 Å². The van der Waals surface area contributed by atoms with E-state index in [1.807, 2.05) is 66.7 Å². The molecule has 2 aromatic carbocycles. The summed E-state index contributed by atoms with van der Waals surface area (Å²) in [6.07, 6.45) is 2.79. The van der Waals surface area contributed by atoms with Crippen LogP contribution in [0, 0.1) is 0 Å². The van der Waals surface area contributed by atoms with Gasteiger partial charge in [0.1, 0.15) is 6.10 Å². The molecule has 0 bridgehead atoms. The van der Waals surface area contributed by atoms with E-state index in [2.05, 4.69) is 10.3 Å². The molecule has 3 aromatic rings. The average molecular weight is 332 g/mol. The molecule has 0 fully saturated rings. The van der Waals surface area contributed by atoms with Crippen molar-refractivity contribution in [2.45, 2.75) is 19.1 Å². The van der Waals surface area contributed by atoms with E-state index in [1.54, 1.807) is 12.4 Å². The highest BCUT2D eigenvalue weighted by Gasteiger charge is 2.15. The van der Waals surface area contributed by atoms with E-state index in [-0.39, 0.29) is 5.91 Å². The van der Waals surface area contributed by atoms with Gasteiger partial charge in [-0.1, -0.05) is 54.6 Å². The Labute approximate surface area is 147 Å². The van der Waals surface area contributed by atoms with Crippen LogP contribution in [-0.2, 0) is 17.8 Å². The van der Waals surface area contributed by atoms with E-state index in [1.165, 1.54) is 0 Å². The lowest BCUT2D eigenvalue weighted by Crippen LogP contribution is -2.35. The number of hydrogen-bond acceptors (Lipinski definition) is 3. The van der Waals surface area contributed by atoms with Gasteiger partial charge in [-0.2, -0.15) is 0 Å². The molecule has 1 aromatic heterocycles. The highest BCUT2D eigenvalue weighted by Crippen LogP contribution is 2.18. The maximum Gasteiger partial charge on any atom is 0.249 e. The third-order valence-corrected chi connectivity index (χ3v) is 4.01.